The van der Waals surface area contributed by atoms with Crippen LogP contribution in [-0.4, -0.2) is 24.7 Å². The van der Waals surface area contributed by atoms with Crippen molar-refractivity contribution < 1.29 is 4.74 Å². The number of allylic oxidation sites excluding steroid dienone is 5. The Morgan fingerprint density at radius 2 is 1.81 bits per heavy atom. The summed E-state index contributed by atoms with van der Waals surface area (Å²) in [6, 6.07) is 1.54. The molecule has 5 nitrogen and oxygen atoms in total. The minimum absolute atomic E-state index is 0.0428. The van der Waals surface area contributed by atoms with E-state index in [0.29, 0.717) is 23.0 Å². The van der Waals surface area contributed by atoms with Gasteiger partial charge in [0.05, 0.1) is 17.2 Å². The van der Waals surface area contributed by atoms with Crippen molar-refractivity contribution in [3.8, 4) is 0 Å². The third-order valence-electron chi connectivity index (χ3n) is 3.65. The van der Waals surface area contributed by atoms with E-state index >= 15 is 0 Å². The van der Waals surface area contributed by atoms with Gasteiger partial charge in [0, 0.05) is 19.0 Å². The third kappa shape index (κ3) is 12.2. The molecule has 6 heteroatoms. The van der Waals surface area contributed by atoms with Crippen molar-refractivity contribution in [3.63, 3.8) is 0 Å². The van der Waals surface area contributed by atoms with Crippen molar-refractivity contribution in [2.75, 3.05) is 25.0 Å². The molecule has 4 N–H and O–H groups in total. The van der Waals surface area contributed by atoms with Gasteiger partial charge in [-0.1, -0.05) is 84.0 Å². The minimum atomic E-state index is -0.0428. The molecule has 0 unspecified atom stereocenters. The third-order valence-corrected chi connectivity index (χ3v) is 4.47. The first-order valence-corrected chi connectivity index (χ1v) is 11.9. The zero-order valence-corrected chi connectivity index (χ0v) is 21.0. The molecule has 0 saturated carbocycles. The van der Waals surface area contributed by atoms with Gasteiger partial charge >= 0.3 is 0 Å². The number of rotatable bonds is 9. The summed E-state index contributed by atoms with van der Waals surface area (Å²) in [7, 11) is 0. The predicted octanol–water partition coefficient (Wildman–Crippen LogP) is 6.66. The lowest BCUT2D eigenvalue weighted by molar-refractivity contribution is 0.266. The fourth-order valence-electron chi connectivity index (χ4n) is 2.39. The lowest BCUT2D eigenvalue weighted by Crippen LogP contribution is -2.13. The molecule has 1 fully saturated rings. The second-order valence-electron chi connectivity index (χ2n) is 5.64. The van der Waals surface area contributed by atoms with Gasteiger partial charge in [-0.05, 0) is 36.1 Å². The predicted molar refractivity (Wildman–Crippen MR) is 145 cm³/mol. The van der Waals surface area contributed by atoms with Crippen LogP contribution in [0.2, 0.25) is 0 Å². The second kappa shape index (κ2) is 21.5. The van der Waals surface area contributed by atoms with Gasteiger partial charge in [0.15, 0.2) is 5.43 Å². The largest absolute Gasteiger partial charge is 0.493 e. The number of H-pyrrole nitrogens is 1. The standard InChI is InChI=1S/C12H17N3OS.C10H12O.2C2H6/c1-3-9-12(17-4-2)10(16)8-11(15-9)14-7-5-6-13;1-3-5-9-7-8-11-10(9)6-4-2;2*1-2/h3-4,8H,1-2,5-7,13H2,(H2,14,15,16);3-6H,1-2,7-8H2;2*1-2H3/b;9-5-,10-6+;;. The van der Waals surface area contributed by atoms with Crippen LogP contribution < -0.4 is 16.5 Å². The molecule has 0 spiro atoms. The van der Waals surface area contributed by atoms with E-state index in [-0.39, 0.29) is 5.43 Å². The van der Waals surface area contributed by atoms with Gasteiger partial charge in [0.25, 0.3) is 0 Å². The number of anilines is 1. The molecule has 1 aliphatic heterocycles. The molecule has 1 saturated heterocycles. The first kappa shape index (κ1) is 31.5. The fraction of sp³-hybridized carbons (Fsp3) is 0.346. The van der Waals surface area contributed by atoms with E-state index in [4.69, 9.17) is 10.5 Å². The molecular formula is C26H41N3O2S. The number of aromatic nitrogens is 1. The Hall–Kier alpha value is -2.70. The van der Waals surface area contributed by atoms with Gasteiger partial charge in [-0.25, -0.2) is 0 Å². The van der Waals surface area contributed by atoms with E-state index in [1.165, 1.54) is 23.4 Å². The topological polar surface area (TPSA) is 80.1 Å². The number of ether oxygens (including phenoxy) is 1. The van der Waals surface area contributed by atoms with Crippen LogP contribution >= 0.6 is 11.8 Å². The smallest absolute Gasteiger partial charge is 0.198 e. The summed E-state index contributed by atoms with van der Waals surface area (Å²) in [4.78, 5) is 15.6. The van der Waals surface area contributed by atoms with E-state index < -0.39 is 0 Å². The number of pyridine rings is 1. The summed E-state index contributed by atoms with van der Waals surface area (Å²) in [6.07, 6.45) is 10.8. The molecule has 1 aromatic rings. The van der Waals surface area contributed by atoms with Crippen LogP contribution in [0, 0.1) is 0 Å². The molecule has 1 aromatic heterocycles. The number of nitrogens with one attached hydrogen (secondary N) is 2. The second-order valence-corrected chi connectivity index (χ2v) is 6.62. The fourth-order valence-corrected chi connectivity index (χ4v) is 3.00. The van der Waals surface area contributed by atoms with Crippen molar-refractivity contribution in [1.82, 2.24) is 4.98 Å². The van der Waals surface area contributed by atoms with E-state index in [1.807, 2.05) is 39.8 Å². The average molecular weight is 460 g/mol. The van der Waals surface area contributed by atoms with E-state index in [2.05, 4.69) is 36.6 Å². The van der Waals surface area contributed by atoms with Crippen molar-refractivity contribution in [2.24, 2.45) is 5.73 Å². The summed E-state index contributed by atoms with van der Waals surface area (Å²) in [5, 5.41) is 4.74. The molecule has 32 heavy (non-hydrogen) atoms. The van der Waals surface area contributed by atoms with Crippen LogP contribution in [-0.2, 0) is 4.74 Å². The summed E-state index contributed by atoms with van der Waals surface area (Å²) in [5.74, 6) is 1.62. The van der Waals surface area contributed by atoms with Crippen LogP contribution in [0.3, 0.4) is 0 Å². The van der Waals surface area contributed by atoms with Crippen molar-refractivity contribution in [2.45, 2.75) is 45.4 Å². The van der Waals surface area contributed by atoms with Crippen LogP contribution in [0.1, 0.15) is 46.2 Å². The highest BCUT2D eigenvalue weighted by Crippen LogP contribution is 2.23. The first-order chi connectivity index (χ1) is 15.6. The van der Waals surface area contributed by atoms with Crippen molar-refractivity contribution in [1.29, 1.82) is 0 Å². The van der Waals surface area contributed by atoms with Gasteiger partial charge in [0.2, 0.25) is 0 Å². The van der Waals surface area contributed by atoms with Crippen molar-refractivity contribution in [3.05, 3.63) is 89.3 Å². The maximum Gasteiger partial charge on any atom is 0.198 e. The first-order valence-electron chi connectivity index (χ1n) is 11.0. The van der Waals surface area contributed by atoms with E-state index in [1.54, 1.807) is 23.6 Å². The number of nitrogens with two attached hydrogens (primary N) is 1. The van der Waals surface area contributed by atoms with Gasteiger partial charge < -0.3 is 20.8 Å². The Morgan fingerprint density at radius 1 is 1.16 bits per heavy atom. The normalized spacial score (nSPS) is 13.8. The quantitative estimate of drug-likeness (QED) is 0.284. The number of aromatic amines is 1. The Morgan fingerprint density at radius 3 is 2.34 bits per heavy atom. The number of thioether (sulfide) groups is 1. The maximum atomic E-state index is 11.8. The molecule has 0 aliphatic carbocycles. The van der Waals surface area contributed by atoms with Crippen LogP contribution in [0.4, 0.5) is 5.82 Å². The Kier molecular flexibility index (Phi) is 21.2. The molecule has 2 rings (SSSR count). The highest BCUT2D eigenvalue weighted by Gasteiger charge is 2.12. The average Bonchev–Trinajstić information content (AvgIpc) is 3.26. The molecule has 178 valence electrons. The number of hydrogen-bond donors (Lipinski definition) is 3. The zero-order chi connectivity index (χ0) is 24.8. The minimum Gasteiger partial charge on any atom is -0.493 e. The maximum absolute atomic E-state index is 11.8. The van der Waals surface area contributed by atoms with Crippen LogP contribution in [0.25, 0.3) is 6.08 Å². The summed E-state index contributed by atoms with van der Waals surface area (Å²) in [6.45, 7) is 24.7. The Labute approximate surface area is 198 Å². The monoisotopic (exact) mass is 459 g/mol. The van der Waals surface area contributed by atoms with Crippen LogP contribution in [0.15, 0.2) is 83.1 Å². The van der Waals surface area contributed by atoms with Gasteiger partial charge in [0.1, 0.15) is 11.6 Å². The van der Waals surface area contributed by atoms with E-state index in [0.717, 1.165) is 31.8 Å². The molecule has 0 bridgehead atoms. The van der Waals surface area contributed by atoms with Gasteiger partial charge in [-0.2, -0.15) is 0 Å². The lowest BCUT2D eigenvalue weighted by atomic mass is 10.1. The molecule has 0 radical (unpaired) electrons. The Bertz CT molecular complexity index is 784. The zero-order valence-electron chi connectivity index (χ0n) is 20.2. The highest BCUT2D eigenvalue weighted by atomic mass is 32.2. The molecule has 0 atom stereocenters. The highest BCUT2D eigenvalue weighted by molar-refractivity contribution is 8.02. The molecular weight excluding hydrogens is 418 g/mol. The summed E-state index contributed by atoms with van der Waals surface area (Å²) < 4.78 is 5.33. The van der Waals surface area contributed by atoms with Gasteiger partial charge in [-0.3, -0.25) is 4.79 Å². The molecule has 1 aliphatic rings. The van der Waals surface area contributed by atoms with E-state index in [9.17, 15) is 4.79 Å². The summed E-state index contributed by atoms with van der Waals surface area (Å²) in [5.41, 5.74) is 7.27. The Balaban J connectivity index is 0. The van der Waals surface area contributed by atoms with Crippen LogP contribution in [0.5, 0.6) is 0 Å². The lowest BCUT2D eigenvalue weighted by Gasteiger charge is -2.09. The van der Waals surface area contributed by atoms with Gasteiger partial charge in [-0.15, -0.1) is 0 Å². The SMILES string of the molecule is C=C/C=C1/CCO/C1=C/C=C.C=CSc1c(C=C)[nH]c(NCCCN)cc1=O.CC.CC. The summed E-state index contributed by atoms with van der Waals surface area (Å²) >= 11 is 1.29. The molecule has 0 amide bonds. The van der Waals surface area contributed by atoms with Crippen molar-refractivity contribution >= 4 is 23.7 Å². The molecule has 2 heterocycles. The molecule has 0 aromatic carbocycles. The number of hydrogen-bond acceptors (Lipinski definition) is 5.